The number of aliphatic hydroxyl groups is 1. The number of nitrogens with two attached hydrogens (primary N) is 1. The van der Waals surface area contributed by atoms with Crippen LogP contribution in [0.4, 0.5) is 19.1 Å². The molecule has 0 aliphatic carbocycles. The minimum atomic E-state index is -2.53. The van der Waals surface area contributed by atoms with E-state index in [1.165, 1.54) is 41.8 Å². The predicted octanol–water partition coefficient (Wildman–Crippen LogP) is 3.47. The van der Waals surface area contributed by atoms with Crippen LogP contribution < -0.4 is 10.5 Å². The third kappa shape index (κ3) is 5.02. The molecule has 0 amide bonds. The van der Waals surface area contributed by atoms with Gasteiger partial charge in [-0.05, 0) is 48.4 Å². The van der Waals surface area contributed by atoms with Crippen LogP contribution in [0.3, 0.4) is 0 Å². The molecule has 4 rings (SSSR count). The van der Waals surface area contributed by atoms with E-state index >= 15 is 8.78 Å². The second-order valence-electron chi connectivity index (χ2n) is 8.48. The molecule has 176 valence electrons. The molecule has 3 unspecified atom stereocenters. The molecule has 0 aliphatic heterocycles. The molecule has 0 aliphatic rings. The van der Waals surface area contributed by atoms with Crippen molar-refractivity contribution in [1.29, 1.82) is 0 Å². The number of halogens is 3. The van der Waals surface area contributed by atoms with Gasteiger partial charge < -0.3 is 15.6 Å². The number of benzene rings is 2. The molecule has 0 bridgehead atoms. The molecule has 6 nitrogen and oxygen atoms in total. The average Bonchev–Trinajstić information content (AvgIpc) is 3.13. The number of hydrogen-bond donors (Lipinski definition) is 2. The molecule has 3 N–H and O–H groups in total. The molecule has 0 saturated heterocycles. The van der Waals surface area contributed by atoms with Gasteiger partial charge in [-0.15, -0.1) is 5.10 Å². The topological polar surface area (TPSA) is 85.7 Å². The van der Waals surface area contributed by atoms with Gasteiger partial charge in [0.1, 0.15) is 27.1 Å². The van der Waals surface area contributed by atoms with Crippen LogP contribution in [-0.4, -0.2) is 46.2 Å². The average molecular weight is 494 g/mol. The summed E-state index contributed by atoms with van der Waals surface area (Å²) in [5, 5.41) is 10.1. The van der Waals surface area contributed by atoms with Crippen LogP contribution in [-0.2, 0) is 5.60 Å². The molecule has 2 aromatic heterocycles. The lowest BCUT2D eigenvalue weighted by Crippen LogP contribution is -2.50. The Balaban J connectivity index is 1.59. The summed E-state index contributed by atoms with van der Waals surface area (Å²) in [6.45, 7) is 1.19. The van der Waals surface area contributed by atoms with Crippen molar-refractivity contribution in [3.8, 4) is 16.9 Å². The van der Waals surface area contributed by atoms with Crippen LogP contribution in [0.5, 0.6) is 5.75 Å². The standard InChI is InChI=1S/C23H20B2F3N4O2P/c1-21(33,14-5-7-15(26)8-6-14)22(28,35)12-23(24,25)34-17-4-2-3-16(19(17)27)13-9-10-32-18(11-13)30-20(29)31-32/h2-11,33H,12,35H2,1H3,(H2,29,31). The van der Waals surface area contributed by atoms with Gasteiger partial charge in [-0.3, -0.25) is 0 Å². The molecule has 0 spiro atoms. The maximum Gasteiger partial charge on any atom is 0.240 e. The van der Waals surface area contributed by atoms with Gasteiger partial charge in [-0.25, -0.2) is 17.7 Å². The first kappa shape index (κ1) is 25.1. The van der Waals surface area contributed by atoms with Gasteiger partial charge in [-0.1, -0.05) is 33.5 Å². The summed E-state index contributed by atoms with van der Waals surface area (Å²) >= 11 is 0. The van der Waals surface area contributed by atoms with Crippen molar-refractivity contribution in [2.45, 2.75) is 29.8 Å². The number of alkyl halides is 1. The Labute approximate surface area is 204 Å². The van der Waals surface area contributed by atoms with Crippen molar-refractivity contribution in [2.24, 2.45) is 0 Å². The monoisotopic (exact) mass is 494 g/mol. The molecule has 2 aromatic carbocycles. The van der Waals surface area contributed by atoms with Gasteiger partial charge in [-0.2, -0.15) is 4.98 Å². The predicted molar refractivity (Wildman–Crippen MR) is 132 cm³/mol. The third-order valence-corrected chi connectivity index (χ3v) is 6.44. The molecule has 4 aromatic rings. The first-order chi connectivity index (χ1) is 16.3. The van der Waals surface area contributed by atoms with Gasteiger partial charge in [0.25, 0.3) is 0 Å². The number of fused-ring (bicyclic) bond motifs is 1. The van der Waals surface area contributed by atoms with E-state index in [0.717, 1.165) is 12.1 Å². The van der Waals surface area contributed by atoms with Gasteiger partial charge in [0.05, 0.1) is 0 Å². The van der Waals surface area contributed by atoms with Crippen LogP contribution in [0.15, 0.2) is 60.8 Å². The Hall–Kier alpha value is -3.03. The van der Waals surface area contributed by atoms with Crippen molar-refractivity contribution in [3.63, 3.8) is 0 Å². The maximum absolute atomic E-state index is 15.7. The van der Waals surface area contributed by atoms with Crippen LogP contribution in [0.1, 0.15) is 18.9 Å². The molecule has 0 fully saturated rings. The molecular formula is C23H20B2F3N4O2P. The smallest absolute Gasteiger partial charge is 0.240 e. The summed E-state index contributed by atoms with van der Waals surface area (Å²) in [5.74, 6) is -1.59. The Morgan fingerprint density at radius 2 is 1.83 bits per heavy atom. The number of aromatic nitrogens is 3. The molecule has 4 radical (unpaired) electrons. The highest BCUT2D eigenvalue weighted by Crippen LogP contribution is 2.46. The highest BCUT2D eigenvalue weighted by Gasteiger charge is 2.48. The van der Waals surface area contributed by atoms with Gasteiger partial charge >= 0.3 is 0 Å². The van der Waals surface area contributed by atoms with E-state index in [2.05, 4.69) is 10.1 Å². The van der Waals surface area contributed by atoms with Crippen molar-refractivity contribution in [1.82, 2.24) is 14.6 Å². The van der Waals surface area contributed by atoms with E-state index in [4.69, 9.17) is 26.2 Å². The van der Waals surface area contributed by atoms with Gasteiger partial charge in [0, 0.05) is 23.6 Å². The molecule has 3 atom stereocenters. The Morgan fingerprint density at radius 1 is 1.14 bits per heavy atom. The van der Waals surface area contributed by atoms with E-state index in [0.29, 0.717) is 11.2 Å². The van der Waals surface area contributed by atoms with Crippen molar-refractivity contribution in [3.05, 3.63) is 78.0 Å². The quantitative estimate of drug-likeness (QED) is 0.304. The fourth-order valence-electron chi connectivity index (χ4n) is 3.71. The maximum atomic E-state index is 15.7. The second kappa shape index (κ2) is 8.88. The third-order valence-electron chi connectivity index (χ3n) is 5.68. The Kier molecular flexibility index (Phi) is 6.36. The van der Waals surface area contributed by atoms with Crippen LogP contribution >= 0.6 is 9.24 Å². The van der Waals surface area contributed by atoms with Crippen molar-refractivity contribution < 1.29 is 23.0 Å². The summed E-state index contributed by atoms with van der Waals surface area (Å²) in [7, 11) is 13.9. The fourth-order valence-corrected chi connectivity index (χ4v) is 4.19. The van der Waals surface area contributed by atoms with Crippen LogP contribution in [0, 0.1) is 11.6 Å². The summed E-state index contributed by atoms with van der Waals surface area (Å²) < 4.78 is 51.3. The second-order valence-corrected chi connectivity index (χ2v) is 9.40. The number of rotatable bonds is 7. The number of ether oxygens (including phenoxy) is 1. The van der Waals surface area contributed by atoms with Gasteiger partial charge in [0.2, 0.25) is 5.95 Å². The number of anilines is 1. The normalized spacial score (nSPS) is 15.5. The van der Waals surface area contributed by atoms with Crippen LogP contribution in [0.2, 0.25) is 0 Å². The molecule has 2 heterocycles. The zero-order valence-electron chi connectivity index (χ0n) is 18.6. The molecular weight excluding hydrogens is 474 g/mol. The first-order valence-corrected chi connectivity index (χ1v) is 11.0. The lowest BCUT2D eigenvalue weighted by Gasteiger charge is -2.42. The lowest BCUT2D eigenvalue weighted by atomic mass is 9.61. The Morgan fingerprint density at radius 3 is 2.51 bits per heavy atom. The van der Waals surface area contributed by atoms with E-state index in [1.807, 2.05) is 9.24 Å². The van der Waals surface area contributed by atoms with Crippen LogP contribution in [0.25, 0.3) is 16.8 Å². The summed E-state index contributed by atoms with van der Waals surface area (Å²) in [6.07, 6.45) is 0.810. The number of nitrogens with zero attached hydrogens (tertiary/aromatic N) is 3. The molecule has 0 saturated carbocycles. The van der Waals surface area contributed by atoms with E-state index in [9.17, 15) is 9.50 Å². The lowest BCUT2D eigenvalue weighted by molar-refractivity contribution is -0.0599. The highest BCUT2D eigenvalue weighted by molar-refractivity contribution is 7.18. The summed E-state index contributed by atoms with van der Waals surface area (Å²) in [4.78, 5) is 4.05. The summed E-state index contributed by atoms with van der Waals surface area (Å²) in [5.41, 5.74) is 4.55. The minimum absolute atomic E-state index is 0.0689. The fraction of sp³-hybridized carbons (Fsp3) is 0.217. The minimum Gasteiger partial charge on any atom is -0.504 e. The van der Waals surface area contributed by atoms with E-state index in [-0.39, 0.29) is 22.8 Å². The first-order valence-electron chi connectivity index (χ1n) is 10.4. The van der Waals surface area contributed by atoms with Crippen molar-refractivity contribution >= 4 is 36.5 Å². The number of hydrogen-bond acceptors (Lipinski definition) is 5. The molecule has 35 heavy (non-hydrogen) atoms. The van der Waals surface area contributed by atoms with Crippen molar-refractivity contribution in [2.75, 3.05) is 5.73 Å². The SMILES string of the molecule is [B]C([B])(CC(F)(P)C(C)(O)c1ccc(F)cc1)Oc1cccc(-c2ccn3nc(N)nc3c2)c1F. The number of pyridine rings is 1. The number of nitrogen functional groups attached to an aromatic ring is 1. The Bertz CT molecular complexity index is 1380. The summed E-state index contributed by atoms with van der Waals surface area (Å²) in [6, 6.07) is 12.2. The largest absolute Gasteiger partial charge is 0.504 e. The molecule has 12 heteroatoms. The van der Waals surface area contributed by atoms with E-state index < -0.39 is 34.5 Å². The zero-order valence-corrected chi connectivity index (χ0v) is 19.8. The van der Waals surface area contributed by atoms with Gasteiger partial charge in [0.15, 0.2) is 22.6 Å². The zero-order chi connectivity index (χ0) is 25.6. The van der Waals surface area contributed by atoms with E-state index in [1.54, 1.807) is 18.3 Å². The highest BCUT2D eigenvalue weighted by atomic mass is 31.0.